The van der Waals surface area contributed by atoms with E-state index in [-0.39, 0.29) is 29.4 Å². The molecule has 0 aliphatic rings. The average Bonchev–Trinajstić information content (AvgIpc) is 2.64. The summed E-state index contributed by atoms with van der Waals surface area (Å²) < 4.78 is 0. The molecule has 0 aromatic carbocycles. The Morgan fingerprint density at radius 2 is 1.52 bits per heavy atom. The topological polar surface area (TPSA) is 78.7 Å². The molecule has 6 nitrogen and oxygen atoms in total. The molecule has 0 aromatic heterocycles. The van der Waals surface area contributed by atoms with Crippen LogP contribution in [0.15, 0.2) is 0 Å². The van der Waals surface area contributed by atoms with Crippen molar-refractivity contribution in [3.05, 3.63) is 0 Å². The van der Waals surface area contributed by atoms with Crippen LogP contribution in [-0.4, -0.2) is 74.4 Å². The van der Waals surface area contributed by atoms with Crippen molar-refractivity contribution >= 4 is 11.7 Å². The molecule has 3 N–H and O–H groups in total. The highest BCUT2D eigenvalue weighted by atomic mass is 16.2. The van der Waals surface area contributed by atoms with Gasteiger partial charge in [0.1, 0.15) is 5.78 Å². The lowest BCUT2D eigenvalue weighted by molar-refractivity contribution is -0.142. The number of carbonyl (C=O) groups excluding carboxylic acids is 2. The molecule has 0 rings (SSSR count). The number of rotatable bonds is 14. The van der Waals surface area contributed by atoms with E-state index in [4.69, 9.17) is 5.73 Å². The van der Waals surface area contributed by atoms with Crippen LogP contribution in [0.2, 0.25) is 0 Å². The van der Waals surface area contributed by atoms with E-state index in [9.17, 15) is 9.59 Å². The molecule has 1 amide bonds. The molecule has 0 aromatic rings. The Balaban J connectivity index is 4.86. The summed E-state index contributed by atoms with van der Waals surface area (Å²) in [7, 11) is 6.15. The summed E-state index contributed by atoms with van der Waals surface area (Å²) in [5, 5.41) is 2.98. The van der Waals surface area contributed by atoms with Gasteiger partial charge in [0.05, 0.1) is 0 Å². The summed E-state index contributed by atoms with van der Waals surface area (Å²) in [4.78, 5) is 30.2. The maximum atomic E-state index is 13.3. The second kappa shape index (κ2) is 11.4. The molecule has 0 bridgehead atoms. The van der Waals surface area contributed by atoms with Gasteiger partial charge in [-0.25, -0.2) is 0 Å². The van der Waals surface area contributed by atoms with Crippen molar-refractivity contribution < 1.29 is 9.59 Å². The van der Waals surface area contributed by atoms with Crippen molar-refractivity contribution in [1.82, 2.24) is 15.1 Å². The van der Waals surface area contributed by atoms with Crippen molar-refractivity contribution in [3.63, 3.8) is 0 Å². The molecule has 172 valence electrons. The number of Topliss-reactive ketones (excluding diaryl/α,β-unsaturated/α-hetero) is 1. The molecule has 29 heavy (non-hydrogen) atoms. The quantitative estimate of drug-likeness (QED) is 0.459. The zero-order valence-electron chi connectivity index (χ0n) is 20.8. The van der Waals surface area contributed by atoms with Crippen LogP contribution >= 0.6 is 0 Å². The Bertz CT molecular complexity index is 531. The Labute approximate surface area is 180 Å². The third-order valence-electron chi connectivity index (χ3n) is 7.53. The number of likely N-dealkylation sites (N-methyl/N-ethyl adjacent to an activating group) is 2. The summed E-state index contributed by atoms with van der Waals surface area (Å²) in [6.07, 6.45) is 1.74. The van der Waals surface area contributed by atoms with Crippen molar-refractivity contribution in [2.24, 2.45) is 22.5 Å². The number of carbonyl (C=O) groups is 2. The molecule has 3 atom stereocenters. The number of nitrogens with one attached hydrogen (secondary N) is 1. The van der Waals surface area contributed by atoms with E-state index in [1.807, 2.05) is 41.8 Å². The van der Waals surface area contributed by atoms with Crippen molar-refractivity contribution in [1.29, 1.82) is 0 Å². The molecule has 0 saturated carbocycles. The first kappa shape index (κ1) is 28.0. The maximum absolute atomic E-state index is 13.3. The van der Waals surface area contributed by atoms with Crippen molar-refractivity contribution in [2.45, 2.75) is 73.3 Å². The molecule has 0 fully saturated rings. The van der Waals surface area contributed by atoms with Gasteiger partial charge < -0.3 is 20.9 Å². The number of amides is 1. The number of hydrogen-bond acceptors (Lipinski definition) is 5. The van der Waals surface area contributed by atoms with E-state index in [1.165, 1.54) is 0 Å². The zero-order valence-corrected chi connectivity index (χ0v) is 20.8. The molecule has 0 radical (unpaired) electrons. The van der Waals surface area contributed by atoms with Gasteiger partial charge in [0.15, 0.2) is 0 Å². The lowest BCUT2D eigenvalue weighted by Gasteiger charge is -2.52. The Morgan fingerprint density at radius 1 is 0.966 bits per heavy atom. The van der Waals surface area contributed by atoms with E-state index < -0.39 is 11.0 Å². The second-order valence-corrected chi connectivity index (χ2v) is 10.0. The fraction of sp³-hybridized carbons (Fsp3) is 0.913. The van der Waals surface area contributed by atoms with E-state index in [2.05, 4.69) is 42.9 Å². The summed E-state index contributed by atoms with van der Waals surface area (Å²) in [5.41, 5.74) is 5.16. The summed E-state index contributed by atoms with van der Waals surface area (Å²) in [5.74, 6) is -0.274. The van der Waals surface area contributed by atoms with Crippen molar-refractivity contribution in [3.8, 4) is 0 Å². The van der Waals surface area contributed by atoms with Gasteiger partial charge in [0.2, 0.25) is 5.91 Å². The van der Waals surface area contributed by atoms with Gasteiger partial charge in [0, 0.05) is 49.5 Å². The van der Waals surface area contributed by atoms with E-state index in [0.717, 1.165) is 26.1 Å². The molecule has 0 aliphatic carbocycles. The molecular formula is C23H48N4O2. The molecule has 0 saturated heterocycles. The van der Waals surface area contributed by atoms with Gasteiger partial charge in [-0.3, -0.25) is 9.59 Å². The van der Waals surface area contributed by atoms with Crippen LogP contribution in [0.25, 0.3) is 0 Å². The highest BCUT2D eigenvalue weighted by Gasteiger charge is 2.53. The number of ketones is 1. The lowest BCUT2D eigenvalue weighted by atomic mass is 9.53. The second-order valence-electron chi connectivity index (χ2n) is 10.0. The van der Waals surface area contributed by atoms with Gasteiger partial charge in [-0.1, -0.05) is 41.5 Å². The lowest BCUT2D eigenvalue weighted by Crippen LogP contribution is -2.59. The highest BCUT2D eigenvalue weighted by Crippen LogP contribution is 2.50. The third-order valence-corrected chi connectivity index (χ3v) is 7.53. The Hall–Kier alpha value is -0.980. The minimum absolute atomic E-state index is 0.0541. The normalized spacial score (nSPS) is 17.7. The van der Waals surface area contributed by atoms with Crippen LogP contribution in [0.1, 0.15) is 67.7 Å². The summed E-state index contributed by atoms with van der Waals surface area (Å²) >= 11 is 0. The van der Waals surface area contributed by atoms with E-state index >= 15 is 0 Å². The number of nitrogens with zero attached hydrogens (tertiary/aromatic N) is 2. The van der Waals surface area contributed by atoms with Crippen LogP contribution in [0.5, 0.6) is 0 Å². The Morgan fingerprint density at radius 3 is 1.97 bits per heavy atom. The van der Waals surface area contributed by atoms with Crippen LogP contribution in [0.4, 0.5) is 0 Å². The molecule has 0 aliphatic heterocycles. The molecule has 0 spiro atoms. The van der Waals surface area contributed by atoms with Crippen molar-refractivity contribution in [2.75, 3.05) is 47.3 Å². The van der Waals surface area contributed by atoms with E-state index in [1.54, 1.807) is 0 Å². The van der Waals surface area contributed by atoms with Gasteiger partial charge in [-0.05, 0) is 46.3 Å². The first-order chi connectivity index (χ1) is 13.2. The standard InChI is InChI=1S/C23H48N4O2/c1-11-22(6,21(4,5)23(7,24)12-2)19(28)17-18(3)20(29)25-13-14-27(10)16-15-26(8)9/h18H,11-17,24H2,1-10H3,(H,25,29). The third kappa shape index (κ3) is 7.34. The molecule has 3 unspecified atom stereocenters. The fourth-order valence-corrected chi connectivity index (χ4v) is 3.68. The SMILES string of the molecule is CCC(C)(N)C(C)(C)C(C)(CC)C(=O)CC(C)C(=O)NCCN(C)CCN(C)C. The maximum Gasteiger partial charge on any atom is 0.223 e. The molecular weight excluding hydrogens is 364 g/mol. The number of nitrogens with two attached hydrogens (primary N) is 1. The summed E-state index contributed by atoms with van der Waals surface area (Å²) in [6, 6.07) is 0. The first-order valence-corrected chi connectivity index (χ1v) is 11.1. The predicted molar refractivity (Wildman–Crippen MR) is 123 cm³/mol. The van der Waals surface area contributed by atoms with Crippen LogP contribution in [-0.2, 0) is 9.59 Å². The molecule has 6 heteroatoms. The molecule has 0 heterocycles. The predicted octanol–water partition coefficient (Wildman–Crippen LogP) is 2.76. The zero-order chi connectivity index (χ0) is 23.0. The largest absolute Gasteiger partial charge is 0.355 e. The van der Waals surface area contributed by atoms with Gasteiger partial charge in [-0.2, -0.15) is 0 Å². The van der Waals surface area contributed by atoms with Gasteiger partial charge >= 0.3 is 0 Å². The minimum atomic E-state index is -0.576. The smallest absolute Gasteiger partial charge is 0.223 e. The minimum Gasteiger partial charge on any atom is -0.355 e. The van der Waals surface area contributed by atoms with Crippen LogP contribution in [0.3, 0.4) is 0 Å². The number of hydrogen-bond donors (Lipinski definition) is 2. The van der Waals surface area contributed by atoms with Gasteiger partial charge in [-0.15, -0.1) is 0 Å². The fourth-order valence-electron chi connectivity index (χ4n) is 3.68. The first-order valence-electron chi connectivity index (χ1n) is 11.1. The monoisotopic (exact) mass is 412 g/mol. The average molecular weight is 413 g/mol. The Kier molecular flexibility index (Phi) is 11.0. The van der Waals surface area contributed by atoms with Crippen LogP contribution < -0.4 is 11.1 Å². The highest BCUT2D eigenvalue weighted by molar-refractivity contribution is 5.90. The van der Waals surface area contributed by atoms with E-state index in [0.29, 0.717) is 13.0 Å². The summed E-state index contributed by atoms with van der Waals surface area (Å²) in [6.45, 7) is 17.5. The van der Waals surface area contributed by atoms with Crippen LogP contribution in [0, 0.1) is 16.7 Å². The van der Waals surface area contributed by atoms with Gasteiger partial charge in [0.25, 0.3) is 0 Å².